The SMILES string of the molecule is NC(=O)c1ccc(N)cc1NCCSCCCO. The number of benzene rings is 1. The number of thioether (sulfide) groups is 1. The van der Waals surface area contributed by atoms with E-state index in [1.54, 1.807) is 30.0 Å². The predicted octanol–water partition coefficient (Wildman–Crippen LogP) is 0.895. The van der Waals surface area contributed by atoms with Gasteiger partial charge in [0.1, 0.15) is 0 Å². The van der Waals surface area contributed by atoms with Crippen molar-refractivity contribution < 1.29 is 9.90 Å². The van der Waals surface area contributed by atoms with Gasteiger partial charge in [0.15, 0.2) is 0 Å². The van der Waals surface area contributed by atoms with Crippen molar-refractivity contribution in [3.8, 4) is 0 Å². The zero-order chi connectivity index (χ0) is 13.4. The van der Waals surface area contributed by atoms with Crippen molar-refractivity contribution in [3.05, 3.63) is 23.8 Å². The van der Waals surface area contributed by atoms with Crippen LogP contribution >= 0.6 is 11.8 Å². The first kappa shape index (κ1) is 14.7. The first-order chi connectivity index (χ1) is 8.65. The molecule has 0 bridgehead atoms. The second-order valence-corrected chi connectivity index (χ2v) is 5.01. The number of aliphatic hydroxyl groups excluding tert-OH is 1. The van der Waals surface area contributed by atoms with Crippen molar-refractivity contribution in [1.29, 1.82) is 0 Å². The van der Waals surface area contributed by atoms with Gasteiger partial charge in [-0.3, -0.25) is 4.79 Å². The third-order valence-electron chi connectivity index (χ3n) is 2.32. The van der Waals surface area contributed by atoms with Crippen LogP contribution in [0, 0.1) is 0 Å². The monoisotopic (exact) mass is 269 g/mol. The molecule has 0 heterocycles. The van der Waals surface area contributed by atoms with E-state index in [1.165, 1.54) is 0 Å². The quantitative estimate of drug-likeness (QED) is 0.415. The van der Waals surface area contributed by atoms with Crippen molar-refractivity contribution in [1.82, 2.24) is 0 Å². The summed E-state index contributed by atoms with van der Waals surface area (Å²) in [5, 5.41) is 11.8. The molecule has 0 spiro atoms. The van der Waals surface area contributed by atoms with E-state index in [4.69, 9.17) is 16.6 Å². The van der Waals surface area contributed by atoms with Gasteiger partial charge in [0.05, 0.1) is 5.56 Å². The van der Waals surface area contributed by atoms with E-state index in [-0.39, 0.29) is 6.61 Å². The Morgan fingerprint density at radius 2 is 2.17 bits per heavy atom. The number of nitrogens with two attached hydrogens (primary N) is 2. The number of primary amides is 1. The fourth-order valence-corrected chi connectivity index (χ4v) is 2.23. The van der Waals surface area contributed by atoms with Crippen LogP contribution in [0.15, 0.2) is 18.2 Å². The van der Waals surface area contributed by atoms with Crippen LogP contribution in [0.25, 0.3) is 0 Å². The molecule has 0 atom stereocenters. The lowest BCUT2D eigenvalue weighted by molar-refractivity contribution is 0.100. The Balaban J connectivity index is 2.45. The highest BCUT2D eigenvalue weighted by Gasteiger charge is 2.07. The highest BCUT2D eigenvalue weighted by atomic mass is 32.2. The number of carbonyl (C=O) groups excluding carboxylic acids is 1. The molecule has 0 aliphatic rings. The van der Waals surface area contributed by atoms with Crippen LogP contribution < -0.4 is 16.8 Å². The zero-order valence-corrected chi connectivity index (χ0v) is 11.0. The molecule has 18 heavy (non-hydrogen) atoms. The molecule has 0 fully saturated rings. The van der Waals surface area contributed by atoms with Crippen molar-refractivity contribution >= 4 is 29.0 Å². The fourth-order valence-electron chi connectivity index (χ4n) is 1.45. The fraction of sp³-hybridized carbons (Fsp3) is 0.417. The molecule has 1 aromatic rings. The van der Waals surface area contributed by atoms with E-state index in [0.717, 1.165) is 24.5 Å². The molecule has 6 heteroatoms. The number of aliphatic hydroxyl groups is 1. The predicted molar refractivity (Wildman–Crippen MR) is 76.9 cm³/mol. The molecule has 1 amide bonds. The number of nitrogen functional groups attached to an aromatic ring is 1. The van der Waals surface area contributed by atoms with Gasteiger partial charge in [-0.2, -0.15) is 11.8 Å². The smallest absolute Gasteiger partial charge is 0.250 e. The molecular formula is C12H19N3O2S. The molecule has 0 aromatic heterocycles. The topological polar surface area (TPSA) is 101 Å². The third kappa shape index (κ3) is 4.85. The van der Waals surface area contributed by atoms with Gasteiger partial charge in [0.25, 0.3) is 5.91 Å². The maximum atomic E-state index is 11.2. The average Bonchev–Trinajstić information content (AvgIpc) is 2.33. The number of nitrogens with one attached hydrogen (secondary N) is 1. The van der Waals surface area contributed by atoms with Crippen LogP contribution in [-0.2, 0) is 0 Å². The van der Waals surface area contributed by atoms with E-state index >= 15 is 0 Å². The molecule has 6 N–H and O–H groups in total. The van der Waals surface area contributed by atoms with Gasteiger partial charge in [-0.1, -0.05) is 0 Å². The second kappa shape index (κ2) is 7.84. The largest absolute Gasteiger partial charge is 0.399 e. The molecule has 0 radical (unpaired) electrons. The van der Waals surface area contributed by atoms with E-state index in [1.807, 2.05) is 0 Å². The Morgan fingerprint density at radius 3 is 2.83 bits per heavy atom. The summed E-state index contributed by atoms with van der Waals surface area (Å²) in [4.78, 5) is 11.2. The van der Waals surface area contributed by atoms with Gasteiger partial charge in [-0.25, -0.2) is 0 Å². The van der Waals surface area contributed by atoms with Gasteiger partial charge < -0.3 is 21.9 Å². The lowest BCUT2D eigenvalue weighted by Crippen LogP contribution is -2.15. The summed E-state index contributed by atoms with van der Waals surface area (Å²) < 4.78 is 0. The Morgan fingerprint density at radius 1 is 1.39 bits per heavy atom. The molecule has 1 rings (SSSR count). The van der Waals surface area contributed by atoms with E-state index < -0.39 is 5.91 Å². The minimum absolute atomic E-state index is 0.224. The van der Waals surface area contributed by atoms with Gasteiger partial charge in [0.2, 0.25) is 0 Å². The maximum absolute atomic E-state index is 11.2. The molecule has 1 aromatic carbocycles. The second-order valence-electron chi connectivity index (χ2n) is 3.79. The first-order valence-corrected chi connectivity index (χ1v) is 6.92. The Bertz CT molecular complexity index is 399. The molecule has 0 saturated heterocycles. The summed E-state index contributed by atoms with van der Waals surface area (Å²) in [6.07, 6.45) is 0.801. The summed E-state index contributed by atoms with van der Waals surface area (Å²) in [6.45, 7) is 0.946. The number of hydrogen-bond acceptors (Lipinski definition) is 5. The summed E-state index contributed by atoms with van der Waals surface area (Å²) in [5.41, 5.74) is 12.7. The van der Waals surface area contributed by atoms with Crippen LogP contribution in [-0.4, -0.2) is 35.7 Å². The summed E-state index contributed by atoms with van der Waals surface area (Å²) in [5.74, 6) is 1.36. The van der Waals surface area contributed by atoms with E-state index in [9.17, 15) is 4.79 Å². The summed E-state index contributed by atoms with van der Waals surface area (Å²) in [6, 6.07) is 4.98. The highest BCUT2D eigenvalue weighted by Crippen LogP contribution is 2.18. The number of hydrogen-bond donors (Lipinski definition) is 4. The molecule has 0 aliphatic heterocycles. The lowest BCUT2D eigenvalue weighted by atomic mass is 10.1. The number of amides is 1. The van der Waals surface area contributed by atoms with E-state index in [0.29, 0.717) is 16.9 Å². The molecule has 0 aliphatic carbocycles. The van der Waals surface area contributed by atoms with E-state index in [2.05, 4.69) is 5.32 Å². The van der Waals surface area contributed by atoms with Gasteiger partial charge in [-0.05, 0) is 30.4 Å². The number of rotatable bonds is 8. The lowest BCUT2D eigenvalue weighted by Gasteiger charge is -2.10. The molecule has 0 saturated carbocycles. The third-order valence-corrected chi connectivity index (χ3v) is 3.39. The first-order valence-electron chi connectivity index (χ1n) is 5.77. The minimum Gasteiger partial charge on any atom is -0.399 e. The van der Waals surface area contributed by atoms with Crippen LogP contribution in [0.4, 0.5) is 11.4 Å². The van der Waals surface area contributed by atoms with Crippen molar-refractivity contribution in [2.45, 2.75) is 6.42 Å². The van der Waals surface area contributed by atoms with Crippen LogP contribution in [0.5, 0.6) is 0 Å². The number of carbonyl (C=O) groups is 1. The summed E-state index contributed by atoms with van der Waals surface area (Å²) in [7, 11) is 0. The van der Waals surface area contributed by atoms with Gasteiger partial charge in [-0.15, -0.1) is 0 Å². The molecule has 0 unspecified atom stereocenters. The molecule has 5 nitrogen and oxygen atoms in total. The standard InChI is InChI=1S/C12H19N3O2S/c13-9-2-3-10(12(14)17)11(8-9)15-4-7-18-6-1-5-16/h2-3,8,15-16H,1,4-7,13H2,(H2,14,17). The highest BCUT2D eigenvalue weighted by molar-refractivity contribution is 7.99. The Labute approximate surface area is 111 Å². The summed E-state index contributed by atoms with van der Waals surface area (Å²) >= 11 is 1.75. The zero-order valence-electron chi connectivity index (χ0n) is 10.2. The van der Waals surface area contributed by atoms with Crippen molar-refractivity contribution in [2.24, 2.45) is 5.73 Å². The van der Waals surface area contributed by atoms with Crippen molar-refractivity contribution in [2.75, 3.05) is 35.7 Å². The molecule has 100 valence electrons. The normalized spacial score (nSPS) is 10.3. The van der Waals surface area contributed by atoms with Crippen LogP contribution in [0.2, 0.25) is 0 Å². The molecular weight excluding hydrogens is 250 g/mol. The van der Waals surface area contributed by atoms with Gasteiger partial charge in [0, 0.05) is 30.3 Å². The average molecular weight is 269 g/mol. The van der Waals surface area contributed by atoms with Crippen LogP contribution in [0.3, 0.4) is 0 Å². The minimum atomic E-state index is -0.467. The Hall–Kier alpha value is -1.40. The van der Waals surface area contributed by atoms with Gasteiger partial charge >= 0.3 is 0 Å². The Kier molecular flexibility index (Phi) is 6.38. The van der Waals surface area contributed by atoms with Crippen molar-refractivity contribution in [3.63, 3.8) is 0 Å². The number of anilines is 2. The van der Waals surface area contributed by atoms with Crippen LogP contribution in [0.1, 0.15) is 16.8 Å². The maximum Gasteiger partial charge on any atom is 0.250 e.